The standard InChI is InChI=1S/C42H41NO5/c1-44-35-23-21-31(22-24-35)25-43-26-37(36-19-11-12-20-38(36)43)40-42(47-29-34-17-9-4-10-18-34)41(46-28-33-15-7-3-8-16-33)39(30-48-40)45-27-32-13-5-2-6-14-32/h2-24,26,39-42H,25,27-30H2,1H3/t39-,40+,41+,42+/m1/s1. The molecule has 0 radical (unpaired) electrons. The zero-order valence-electron chi connectivity index (χ0n) is 27.2. The summed E-state index contributed by atoms with van der Waals surface area (Å²) in [7, 11) is 1.69. The molecule has 5 aromatic carbocycles. The minimum atomic E-state index is -0.441. The van der Waals surface area contributed by atoms with Crippen LogP contribution in [0.3, 0.4) is 0 Å². The minimum Gasteiger partial charge on any atom is -0.497 e. The second-order valence-corrected chi connectivity index (χ2v) is 12.2. The number of hydrogen-bond acceptors (Lipinski definition) is 5. The van der Waals surface area contributed by atoms with Crippen molar-refractivity contribution in [3.8, 4) is 5.75 Å². The summed E-state index contributed by atoms with van der Waals surface area (Å²) >= 11 is 0. The van der Waals surface area contributed by atoms with Crippen LogP contribution >= 0.6 is 0 Å². The second-order valence-electron chi connectivity index (χ2n) is 12.2. The molecule has 6 nitrogen and oxygen atoms in total. The van der Waals surface area contributed by atoms with Crippen LogP contribution in [-0.2, 0) is 45.3 Å². The van der Waals surface area contributed by atoms with Gasteiger partial charge >= 0.3 is 0 Å². The summed E-state index contributed by atoms with van der Waals surface area (Å²) in [4.78, 5) is 0. The van der Waals surface area contributed by atoms with Crippen molar-refractivity contribution in [1.82, 2.24) is 4.57 Å². The van der Waals surface area contributed by atoms with E-state index in [1.54, 1.807) is 7.11 Å². The highest BCUT2D eigenvalue weighted by Crippen LogP contribution is 2.39. The summed E-state index contributed by atoms with van der Waals surface area (Å²) in [6.07, 6.45) is 0.674. The Balaban J connectivity index is 1.24. The molecule has 0 bridgehead atoms. The Kier molecular flexibility index (Phi) is 10.3. The fraction of sp³-hybridized carbons (Fsp3) is 0.238. The third-order valence-corrected chi connectivity index (χ3v) is 8.94. The van der Waals surface area contributed by atoms with Gasteiger partial charge in [0.15, 0.2) is 0 Å². The number of nitrogens with zero attached hydrogens (tertiary/aromatic N) is 1. The van der Waals surface area contributed by atoms with E-state index in [9.17, 15) is 0 Å². The summed E-state index contributed by atoms with van der Waals surface area (Å²) in [5.41, 5.74) is 6.69. The molecular weight excluding hydrogens is 598 g/mol. The Labute approximate surface area is 282 Å². The van der Waals surface area contributed by atoms with Gasteiger partial charge in [-0.3, -0.25) is 0 Å². The molecule has 1 aromatic heterocycles. The number of fused-ring (bicyclic) bond motifs is 1. The topological polar surface area (TPSA) is 51.1 Å². The molecule has 244 valence electrons. The van der Waals surface area contributed by atoms with E-state index in [-0.39, 0.29) is 18.3 Å². The van der Waals surface area contributed by atoms with Crippen LogP contribution in [0.5, 0.6) is 5.75 Å². The van der Waals surface area contributed by atoms with Crippen molar-refractivity contribution in [3.05, 3.63) is 174 Å². The van der Waals surface area contributed by atoms with Crippen molar-refractivity contribution in [2.45, 2.75) is 50.8 Å². The minimum absolute atomic E-state index is 0.335. The van der Waals surface area contributed by atoms with Crippen molar-refractivity contribution in [2.75, 3.05) is 13.7 Å². The second kappa shape index (κ2) is 15.5. The third-order valence-electron chi connectivity index (χ3n) is 8.94. The van der Waals surface area contributed by atoms with Gasteiger partial charge in [-0.1, -0.05) is 121 Å². The Morgan fingerprint density at radius 1 is 0.583 bits per heavy atom. The number of para-hydroxylation sites is 1. The maximum atomic E-state index is 6.87. The molecule has 4 atom stereocenters. The van der Waals surface area contributed by atoms with Gasteiger partial charge in [0.1, 0.15) is 30.2 Å². The average molecular weight is 640 g/mol. The largest absolute Gasteiger partial charge is 0.497 e. The quantitative estimate of drug-likeness (QED) is 0.127. The lowest BCUT2D eigenvalue weighted by Gasteiger charge is -2.42. The maximum Gasteiger partial charge on any atom is 0.118 e. The lowest BCUT2D eigenvalue weighted by molar-refractivity contribution is -0.240. The highest BCUT2D eigenvalue weighted by Gasteiger charge is 2.44. The van der Waals surface area contributed by atoms with E-state index in [0.717, 1.165) is 38.9 Å². The summed E-state index contributed by atoms with van der Waals surface area (Å²) in [5, 5.41) is 1.13. The van der Waals surface area contributed by atoms with Gasteiger partial charge in [0.25, 0.3) is 0 Å². The zero-order chi connectivity index (χ0) is 32.5. The summed E-state index contributed by atoms with van der Waals surface area (Å²) in [5.74, 6) is 0.844. The first kappa shape index (κ1) is 31.9. The van der Waals surface area contributed by atoms with Crippen LogP contribution in [-0.4, -0.2) is 36.6 Å². The summed E-state index contributed by atoms with van der Waals surface area (Å²) in [6, 6.07) is 47.5. The molecule has 0 saturated carbocycles. The van der Waals surface area contributed by atoms with Crippen LogP contribution in [0.1, 0.15) is 33.9 Å². The molecule has 1 fully saturated rings. The molecule has 6 aromatic rings. The first-order valence-corrected chi connectivity index (χ1v) is 16.5. The molecule has 1 saturated heterocycles. The van der Waals surface area contributed by atoms with Crippen LogP contribution in [0, 0.1) is 0 Å². The van der Waals surface area contributed by atoms with Crippen molar-refractivity contribution < 1.29 is 23.7 Å². The molecule has 7 rings (SSSR count). The maximum absolute atomic E-state index is 6.87. The van der Waals surface area contributed by atoms with Crippen LogP contribution in [0.25, 0.3) is 10.9 Å². The Hall–Kier alpha value is -4.72. The molecule has 2 heterocycles. The van der Waals surface area contributed by atoms with E-state index in [1.807, 2.05) is 66.7 Å². The molecule has 1 aliphatic rings. The molecule has 0 aliphatic carbocycles. The zero-order valence-corrected chi connectivity index (χ0v) is 27.2. The van der Waals surface area contributed by atoms with Crippen LogP contribution < -0.4 is 4.74 Å². The SMILES string of the molecule is COc1ccc(Cn2cc([C@@H]3OC[C@@H](OCc4ccccc4)[C@H](OCc4ccccc4)[C@H]3OCc3ccccc3)c3ccccc32)cc1. The molecule has 48 heavy (non-hydrogen) atoms. The molecule has 6 heteroatoms. The Bertz CT molecular complexity index is 1860. The van der Waals surface area contributed by atoms with E-state index < -0.39 is 6.10 Å². The highest BCUT2D eigenvalue weighted by atomic mass is 16.6. The summed E-state index contributed by atoms with van der Waals surface area (Å²) < 4.78 is 34.7. The number of methoxy groups -OCH3 is 1. The molecule has 0 amide bonds. The summed E-state index contributed by atoms with van der Waals surface area (Å²) in [6.45, 7) is 2.40. The molecule has 0 unspecified atom stereocenters. The molecule has 0 spiro atoms. The van der Waals surface area contributed by atoms with Crippen LogP contribution in [0.4, 0.5) is 0 Å². The monoisotopic (exact) mass is 639 g/mol. The lowest BCUT2D eigenvalue weighted by Crippen LogP contribution is -2.52. The fourth-order valence-electron chi connectivity index (χ4n) is 6.44. The first-order valence-electron chi connectivity index (χ1n) is 16.5. The van der Waals surface area contributed by atoms with Gasteiger partial charge in [0.2, 0.25) is 0 Å². The fourth-order valence-corrected chi connectivity index (χ4v) is 6.44. The van der Waals surface area contributed by atoms with Gasteiger partial charge in [-0.05, 0) is 40.5 Å². The Morgan fingerprint density at radius 2 is 1.12 bits per heavy atom. The first-order chi connectivity index (χ1) is 23.7. The van der Waals surface area contributed by atoms with E-state index in [4.69, 9.17) is 23.7 Å². The van der Waals surface area contributed by atoms with Gasteiger partial charge in [0, 0.05) is 29.2 Å². The lowest BCUT2D eigenvalue weighted by atomic mass is 9.93. The highest BCUT2D eigenvalue weighted by molar-refractivity contribution is 5.84. The van der Waals surface area contributed by atoms with Crippen molar-refractivity contribution in [1.29, 1.82) is 0 Å². The number of aromatic nitrogens is 1. The van der Waals surface area contributed by atoms with E-state index in [2.05, 4.69) is 83.6 Å². The average Bonchev–Trinajstić information content (AvgIpc) is 3.51. The van der Waals surface area contributed by atoms with Gasteiger partial charge in [-0.25, -0.2) is 0 Å². The number of rotatable bonds is 13. The van der Waals surface area contributed by atoms with Crippen molar-refractivity contribution in [2.24, 2.45) is 0 Å². The number of hydrogen-bond donors (Lipinski definition) is 0. The predicted octanol–water partition coefficient (Wildman–Crippen LogP) is 8.53. The molecular formula is C42H41NO5. The van der Waals surface area contributed by atoms with Gasteiger partial charge < -0.3 is 28.3 Å². The molecule has 0 N–H and O–H groups in total. The smallest absolute Gasteiger partial charge is 0.118 e. The van der Waals surface area contributed by atoms with Gasteiger partial charge in [-0.15, -0.1) is 0 Å². The third kappa shape index (κ3) is 7.53. The van der Waals surface area contributed by atoms with Crippen molar-refractivity contribution >= 4 is 10.9 Å². The number of ether oxygens (including phenoxy) is 5. The molecule has 1 aliphatic heterocycles. The number of benzene rings is 5. The Morgan fingerprint density at radius 3 is 1.73 bits per heavy atom. The van der Waals surface area contributed by atoms with E-state index in [1.165, 1.54) is 5.56 Å². The van der Waals surface area contributed by atoms with Gasteiger partial charge in [0.05, 0.1) is 33.5 Å². The normalized spacial score (nSPS) is 19.4. The van der Waals surface area contributed by atoms with E-state index in [0.29, 0.717) is 33.0 Å². The van der Waals surface area contributed by atoms with Crippen LogP contribution in [0.15, 0.2) is 146 Å². The van der Waals surface area contributed by atoms with Gasteiger partial charge in [-0.2, -0.15) is 0 Å². The van der Waals surface area contributed by atoms with E-state index >= 15 is 0 Å². The van der Waals surface area contributed by atoms with Crippen LogP contribution in [0.2, 0.25) is 0 Å². The predicted molar refractivity (Wildman–Crippen MR) is 188 cm³/mol. The van der Waals surface area contributed by atoms with Crippen molar-refractivity contribution in [3.63, 3.8) is 0 Å².